The van der Waals surface area contributed by atoms with E-state index in [0.717, 1.165) is 22.6 Å². The van der Waals surface area contributed by atoms with Crippen molar-refractivity contribution in [3.05, 3.63) is 41.9 Å². The molecule has 0 amide bonds. The van der Waals surface area contributed by atoms with Crippen LogP contribution in [0.4, 0.5) is 0 Å². The van der Waals surface area contributed by atoms with Crippen LogP contribution in [-0.4, -0.2) is 14.7 Å². The molecule has 0 aliphatic rings. The Hall–Kier alpha value is -1.61. The highest BCUT2D eigenvalue weighted by atomic mass is 16.3. The van der Waals surface area contributed by atoms with Gasteiger partial charge in [-0.3, -0.25) is 0 Å². The molecule has 1 aromatic carbocycles. The summed E-state index contributed by atoms with van der Waals surface area (Å²) in [4.78, 5) is 4.48. The van der Waals surface area contributed by atoms with Crippen molar-refractivity contribution >= 4 is 0 Å². The van der Waals surface area contributed by atoms with Gasteiger partial charge >= 0.3 is 0 Å². The molecule has 0 saturated carbocycles. The van der Waals surface area contributed by atoms with Crippen molar-refractivity contribution in [3.8, 4) is 11.3 Å². The van der Waals surface area contributed by atoms with Gasteiger partial charge in [-0.25, -0.2) is 4.98 Å². The summed E-state index contributed by atoms with van der Waals surface area (Å²) in [5.41, 5.74) is 2.83. The van der Waals surface area contributed by atoms with E-state index in [2.05, 4.69) is 4.98 Å². The van der Waals surface area contributed by atoms with Gasteiger partial charge in [0.05, 0.1) is 11.8 Å². The molecule has 0 fully saturated rings. The number of aromatic nitrogens is 2. The van der Waals surface area contributed by atoms with Gasteiger partial charge in [0, 0.05) is 18.8 Å². The average molecular weight is 216 g/mol. The highest BCUT2D eigenvalue weighted by Crippen LogP contribution is 2.27. The van der Waals surface area contributed by atoms with E-state index in [1.54, 1.807) is 6.92 Å². The number of rotatable bonds is 2. The number of hydrogen-bond donors (Lipinski definition) is 1. The summed E-state index contributed by atoms with van der Waals surface area (Å²) < 4.78 is 1.98. The molecular weight excluding hydrogens is 200 g/mol. The second kappa shape index (κ2) is 4.10. The van der Waals surface area contributed by atoms with Crippen LogP contribution in [0.25, 0.3) is 11.3 Å². The van der Waals surface area contributed by atoms with E-state index in [0.29, 0.717) is 0 Å². The van der Waals surface area contributed by atoms with Crippen LogP contribution < -0.4 is 0 Å². The first-order valence-electron chi connectivity index (χ1n) is 5.37. The topological polar surface area (TPSA) is 38.1 Å². The van der Waals surface area contributed by atoms with Crippen molar-refractivity contribution in [2.75, 3.05) is 0 Å². The predicted molar refractivity (Wildman–Crippen MR) is 64.0 cm³/mol. The number of imidazole rings is 1. The van der Waals surface area contributed by atoms with Crippen molar-refractivity contribution < 1.29 is 5.11 Å². The highest BCUT2D eigenvalue weighted by Gasteiger charge is 2.11. The third-order valence-electron chi connectivity index (χ3n) is 2.80. The fourth-order valence-electron chi connectivity index (χ4n) is 1.78. The Morgan fingerprint density at radius 2 is 2.00 bits per heavy atom. The molecular formula is C13H16N2O. The lowest BCUT2D eigenvalue weighted by Crippen LogP contribution is -1.94. The molecule has 1 N–H and O–H groups in total. The molecule has 1 atom stereocenters. The molecule has 3 heteroatoms. The minimum absolute atomic E-state index is 0.474. The lowest BCUT2D eigenvalue weighted by molar-refractivity contribution is 0.200. The molecule has 0 aliphatic heterocycles. The van der Waals surface area contributed by atoms with Crippen molar-refractivity contribution in [2.45, 2.75) is 20.0 Å². The van der Waals surface area contributed by atoms with Gasteiger partial charge in [-0.2, -0.15) is 0 Å². The summed E-state index contributed by atoms with van der Waals surface area (Å²) in [6.07, 6.45) is 1.51. The number of nitrogens with zero attached hydrogens (tertiary/aromatic N) is 2. The predicted octanol–water partition coefficient (Wildman–Crippen LogP) is 2.45. The second-order valence-electron chi connectivity index (χ2n) is 4.05. The fourth-order valence-corrected chi connectivity index (χ4v) is 1.78. The number of benzene rings is 1. The summed E-state index contributed by atoms with van der Waals surface area (Å²) in [6, 6.07) is 7.82. The Kier molecular flexibility index (Phi) is 2.79. The molecule has 2 aromatic rings. The van der Waals surface area contributed by atoms with Crippen LogP contribution in [0.15, 0.2) is 30.5 Å². The van der Waals surface area contributed by atoms with E-state index >= 15 is 0 Å². The molecule has 3 nitrogen and oxygen atoms in total. The Morgan fingerprint density at radius 1 is 1.31 bits per heavy atom. The summed E-state index contributed by atoms with van der Waals surface area (Å²) in [5.74, 6) is 0.968. The zero-order chi connectivity index (χ0) is 11.7. The molecule has 1 unspecified atom stereocenters. The molecule has 84 valence electrons. The van der Waals surface area contributed by atoms with Gasteiger partial charge in [0.15, 0.2) is 0 Å². The lowest BCUT2D eigenvalue weighted by atomic mass is 10.0. The molecule has 0 bridgehead atoms. The highest BCUT2D eigenvalue weighted by molar-refractivity contribution is 5.63. The molecule has 0 saturated heterocycles. The third kappa shape index (κ3) is 1.86. The molecule has 1 aromatic heterocycles. The van der Waals surface area contributed by atoms with Crippen LogP contribution in [0.5, 0.6) is 0 Å². The van der Waals surface area contributed by atoms with E-state index in [9.17, 15) is 5.11 Å². The fraction of sp³-hybridized carbons (Fsp3) is 0.308. The second-order valence-corrected chi connectivity index (χ2v) is 4.05. The quantitative estimate of drug-likeness (QED) is 0.837. The van der Waals surface area contributed by atoms with Crippen LogP contribution in [-0.2, 0) is 7.05 Å². The van der Waals surface area contributed by atoms with Crippen LogP contribution in [0.1, 0.15) is 24.4 Å². The van der Waals surface area contributed by atoms with Crippen LogP contribution >= 0.6 is 0 Å². The third-order valence-corrected chi connectivity index (χ3v) is 2.80. The number of aliphatic hydroxyl groups excluding tert-OH is 1. The summed E-state index contributed by atoms with van der Waals surface area (Å²) >= 11 is 0. The van der Waals surface area contributed by atoms with Gasteiger partial charge in [0.25, 0.3) is 0 Å². The molecule has 0 spiro atoms. The van der Waals surface area contributed by atoms with Gasteiger partial charge < -0.3 is 9.67 Å². The van der Waals surface area contributed by atoms with Crippen molar-refractivity contribution in [1.29, 1.82) is 0 Å². The number of aryl methyl sites for hydroxylation is 2. The lowest BCUT2D eigenvalue weighted by Gasteiger charge is -2.09. The van der Waals surface area contributed by atoms with E-state index < -0.39 is 6.10 Å². The first-order chi connectivity index (χ1) is 7.59. The van der Waals surface area contributed by atoms with Gasteiger partial charge in [-0.1, -0.05) is 24.3 Å². The van der Waals surface area contributed by atoms with Gasteiger partial charge in [-0.15, -0.1) is 0 Å². The molecule has 1 heterocycles. The van der Waals surface area contributed by atoms with E-state index in [-0.39, 0.29) is 0 Å². The van der Waals surface area contributed by atoms with Crippen molar-refractivity contribution in [1.82, 2.24) is 9.55 Å². The maximum atomic E-state index is 9.71. The summed E-state index contributed by atoms with van der Waals surface area (Å²) in [7, 11) is 1.97. The van der Waals surface area contributed by atoms with E-state index in [1.165, 1.54) is 0 Å². The SMILES string of the molecule is Cc1nc(-c2ccccc2C(C)O)cn1C. The maximum absolute atomic E-state index is 9.71. The number of hydrogen-bond acceptors (Lipinski definition) is 2. The average Bonchev–Trinajstić information content (AvgIpc) is 2.59. The number of aliphatic hydroxyl groups is 1. The first-order valence-corrected chi connectivity index (χ1v) is 5.37. The summed E-state index contributed by atoms with van der Waals surface area (Å²) in [6.45, 7) is 3.74. The standard InChI is InChI=1S/C13H16N2O/c1-9(16)11-6-4-5-7-12(11)13-8-15(3)10(2)14-13/h4-9,16H,1-3H3. The molecule has 2 rings (SSSR count). The Balaban J connectivity index is 2.55. The van der Waals surface area contributed by atoms with Crippen LogP contribution in [0.2, 0.25) is 0 Å². The minimum Gasteiger partial charge on any atom is -0.389 e. The zero-order valence-electron chi connectivity index (χ0n) is 9.81. The first kappa shape index (κ1) is 10.9. The normalized spacial score (nSPS) is 12.8. The van der Waals surface area contributed by atoms with Gasteiger partial charge in [0.2, 0.25) is 0 Å². The zero-order valence-corrected chi connectivity index (χ0v) is 9.81. The Bertz CT molecular complexity index is 481. The van der Waals surface area contributed by atoms with Crippen molar-refractivity contribution in [2.24, 2.45) is 7.05 Å². The van der Waals surface area contributed by atoms with E-state index in [1.807, 2.05) is 49.0 Å². The minimum atomic E-state index is -0.474. The molecule has 16 heavy (non-hydrogen) atoms. The Morgan fingerprint density at radius 3 is 2.56 bits per heavy atom. The van der Waals surface area contributed by atoms with E-state index in [4.69, 9.17) is 0 Å². The van der Waals surface area contributed by atoms with Crippen LogP contribution in [0, 0.1) is 6.92 Å². The Labute approximate surface area is 95.4 Å². The molecule has 0 radical (unpaired) electrons. The summed E-state index contributed by atoms with van der Waals surface area (Å²) in [5, 5.41) is 9.71. The van der Waals surface area contributed by atoms with Gasteiger partial charge in [-0.05, 0) is 19.4 Å². The van der Waals surface area contributed by atoms with Gasteiger partial charge in [0.1, 0.15) is 5.82 Å². The maximum Gasteiger partial charge on any atom is 0.105 e. The van der Waals surface area contributed by atoms with Crippen molar-refractivity contribution in [3.63, 3.8) is 0 Å². The largest absolute Gasteiger partial charge is 0.389 e. The molecule has 0 aliphatic carbocycles. The van der Waals surface area contributed by atoms with Crippen LogP contribution in [0.3, 0.4) is 0 Å². The monoisotopic (exact) mass is 216 g/mol. The smallest absolute Gasteiger partial charge is 0.105 e.